The number of carbonyl (C=O) groups excluding carboxylic acids is 3. The third-order valence-electron chi connectivity index (χ3n) is 7.38. The van der Waals surface area contributed by atoms with Crippen molar-refractivity contribution in [2.75, 3.05) is 32.1 Å². The minimum absolute atomic E-state index is 0.0839. The van der Waals surface area contributed by atoms with Crippen molar-refractivity contribution in [1.82, 2.24) is 14.5 Å². The molecule has 1 aliphatic heterocycles. The highest BCUT2D eigenvalue weighted by Gasteiger charge is 2.42. The molecule has 1 atom stereocenters. The van der Waals surface area contributed by atoms with Crippen LogP contribution in [0.25, 0.3) is 0 Å². The molecule has 1 heterocycles. The molecule has 3 amide bonds. The number of sulfonamides is 1. The van der Waals surface area contributed by atoms with Gasteiger partial charge >= 0.3 is 18.2 Å². The van der Waals surface area contributed by atoms with Gasteiger partial charge in [0.25, 0.3) is 0 Å². The Morgan fingerprint density at radius 3 is 2.11 bits per heavy atom. The summed E-state index contributed by atoms with van der Waals surface area (Å²) in [7, 11) is -3.20. The Kier molecular flexibility index (Phi) is 10.2. The smallest absolute Gasteiger partial charge is 0.416 e. The molecule has 0 bridgehead atoms. The molecule has 1 saturated heterocycles. The van der Waals surface area contributed by atoms with Crippen molar-refractivity contribution in [2.24, 2.45) is 0 Å². The van der Waals surface area contributed by atoms with E-state index in [4.69, 9.17) is 0 Å². The lowest BCUT2D eigenvalue weighted by molar-refractivity contribution is -0.137. The topological polar surface area (TPSA) is 125 Å². The van der Waals surface area contributed by atoms with E-state index in [2.05, 4.69) is 15.4 Å². The second-order valence-corrected chi connectivity index (χ2v) is 12.6. The van der Waals surface area contributed by atoms with Crippen molar-refractivity contribution in [2.45, 2.75) is 43.4 Å². The summed E-state index contributed by atoms with van der Waals surface area (Å²) in [5.41, 5.74) is 1.48. The lowest BCUT2D eigenvalue weighted by Gasteiger charge is -2.39. The van der Waals surface area contributed by atoms with Gasteiger partial charge in [0.2, 0.25) is 15.9 Å². The Labute approximate surface area is 259 Å². The molecule has 1 aliphatic rings. The number of halogens is 3. The van der Waals surface area contributed by atoms with Crippen LogP contribution in [0.15, 0.2) is 77.7 Å². The van der Waals surface area contributed by atoms with Crippen molar-refractivity contribution in [3.63, 3.8) is 0 Å². The van der Waals surface area contributed by atoms with E-state index in [1.807, 2.05) is 38.1 Å². The van der Waals surface area contributed by atoms with Gasteiger partial charge in [-0.3, -0.25) is 4.79 Å². The van der Waals surface area contributed by atoms with Crippen molar-refractivity contribution in [3.8, 4) is 0 Å². The number of hydrogen-bond acceptors (Lipinski definition) is 6. The number of ether oxygens (including phenoxy) is 1. The predicted octanol–water partition coefficient (Wildman–Crippen LogP) is 4.84. The Morgan fingerprint density at radius 2 is 1.56 bits per heavy atom. The Morgan fingerprint density at radius 1 is 0.933 bits per heavy atom. The lowest BCUT2D eigenvalue weighted by Crippen LogP contribution is -2.61. The minimum atomic E-state index is -4.66. The molecule has 3 aromatic carbocycles. The van der Waals surface area contributed by atoms with Gasteiger partial charge in [0, 0.05) is 31.9 Å². The zero-order chi connectivity index (χ0) is 32.9. The molecule has 0 unspecified atom stereocenters. The van der Waals surface area contributed by atoms with E-state index in [1.165, 1.54) is 36.3 Å². The molecule has 0 saturated carbocycles. The maximum atomic E-state index is 13.6. The van der Waals surface area contributed by atoms with Crippen LogP contribution >= 0.6 is 0 Å². The van der Waals surface area contributed by atoms with Crippen molar-refractivity contribution < 1.29 is 40.7 Å². The summed E-state index contributed by atoms with van der Waals surface area (Å²) >= 11 is 0. The number of piperazine rings is 1. The second-order valence-electron chi connectivity index (χ2n) is 10.7. The number of carbonyl (C=O) groups is 3. The maximum absolute atomic E-state index is 13.6. The molecule has 240 valence electrons. The average Bonchev–Trinajstić information content (AvgIpc) is 3.03. The molecule has 0 aromatic heterocycles. The van der Waals surface area contributed by atoms with Gasteiger partial charge in [0.15, 0.2) is 0 Å². The van der Waals surface area contributed by atoms with Crippen LogP contribution in [0.1, 0.15) is 46.8 Å². The van der Waals surface area contributed by atoms with Crippen molar-refractivity contribution >= 4 is 33.6 Å². The first-order chi connectivity index (χ1) is 21.2. The molecule has 14 heteroatoms. The van der Waals surface area contributed by atoms with Gasteiger partial charge < -0.3 is 20.3 Å². The number of alkyl halides is 3. The van der Waals surface area contributed by atoms with Crippen LogP contribution in [0.4, 0.5) is 23.7 Å². The van der Waals surface area contributed by atoms with E-state index >= 15 is 0 Å². The first-order valence-electron chi connectivity index (χ1n) is 14.0. The molecule has 1 fully saturated rings. The highest BCUT2D eigenvalue weighted by molar-refractivity contribution is 7.89. The fourth-order valence-electron chi connectivity index (χ4n) is 4.74. The number of nitrogens with zero attached hydrogens (tertiary/aromatic N) is 2. The SMILES string of the molecule is COC(=O)c1ccc(NC(=O)N2CCN(S(=O)(=O)c3ccc(C(F)(F)F)cc3)[C@@H](C(=O)NCc3ccc(C(C)C)cc3)C2)cc1. The molecule has 3 aromatic rings. The number of nitrogens with one attached hydrogen (secondary N) is 2. The first-order valence-corrected chi connectivity index (χ1v) is 15.4. The van der Waals surface area contributed by atoms with Gasteiger partial charge in [-0.05, 0) is 65.6 Å². The molecule has 2 N–H and O–H groups in total. The van der Waals surface area contributed by atoms with E-state index in [0.29, 0.717) is 23.7 Å². The Hall–Kier alpha value is -4.43. The quantitative estimate of drug-likeness (QED) is 0.338. The number of amides is 3. The van der Waals surface area contributed by atoms with Gasteiger partial charge in [-0.25, -0.2) is 18.0 Å². The molecular formula is C31H33F3N4O6S. The van der Waals surface area contributed by atoms with Crippen molar-refractivity contribution in [3.05, 3.63) is 95.1 Å². The fourth-order valence-corrected chi connectivity index (χ4v) is 6.31. The van der Waals surface area contributed by atoms with Crippen LogP contribution in [0.3, 0.4) is 0 Å². The number of esters is 1. The normalized spacial score (nSPS) is 15.9. The van der Waals surface area contributed by atoms with E-state index < -0.39 is 50.6 Å². The summed E-state index contributed by atoms with van der Waals surface area (Å²) in [6.45, 7) is 3.45. The maximum Gasteiger partial charge on any atom is 0.416 e. The van der Waals surface area contributed by atoms with Crippen LogP contribution in [0, 0.1) is 0 Å². The van der Waals surface area contributed by atoms with Gasteiger partial charge in [0.1, 0.15) is 6.04 Å². The summed E-state index contributed by atoms with van der Waals surface area (Å²) in [6, 6.07) is 14.5. The van der Waals surface area contributed by atoms with Crippen molar-refractivity contribution in [1.29, 1.82) is 0 Å². The predicted molar refractivity (Wildman–Crippen MR) is 160 cm³/mol. The summed E-state index contributed by atoms with van der Waals surface area (Å²) in [6.07, 6.45) is -4.66. The highest BCUT2D eigenvalue weighted by Crippen LogP contribution is 2.31. The van der Waals surface area contributed by atoms with Crippen LogP contribution in [0.5, 0.6) is 0 Å². The molecule has 0 radical (unpaired) electrons. The highest BCUT2D eigenvalue weighted by atomic mass is 32.2. The molecule has 10 nitrogen and oxygen atoms in total. The Bertz CT molecular complexity index is 1630. The molecule has 4 rings (SSSR count). The number of benzene rings is 3. The van der Waals surface area contributed by atoms with E-state index in [1.54, 1.807) is 0 Å². The molecule has 0 spiro atoms. The third kappa shape index (κ3) is 8.00. The van der Waals surface area contributed by atoms with Gasteiger partial charge in [-0.15, -0.1) is 0 Å². The number of anilines is 1. The fraction of sp³-hybridized carbons (Fsp3) is 0.323. The number of rotatable bonds is 8. The Balaban J connectivity index is 1.55. The van der Waals surface area contributed by atoms with Crippen LogP contribution < -0.4 is 10.6 Å². The summed E-state index contributed by atoms with van der Waals surface area (Å²) in [4.78, 5) is 39.2. The van der Waals surface area contributed by atoms with Gasteiger partial charge in [-0.2, -0.15) is 17.5 Å². The standard InChI is InChI=1S/C31H33F3N4O6S/c1-20(2)22-6-4-21(5-7-22)18-35-28(39)27-19-37(30(41)36-25-12-8-23(9-13-25)29(40)44-3)16-17-38(27)45(42,43)26-14-10-24(11-15-26)31(32,33)34/h4-15,20,27H,16-19H2,1-3H3,(H,35,39)(H,36,41)/t27-/m1/s1. The van der Waals surface area contributed by atoms with E-state index in [0.717, 1.165) is 27.6 Å². The van der Waals surface area contributed by atoms with Gasteiger partial charge in [-0.1, -0.05) is 38.1 Å². The zero-order valence-corrected chi connectivity index (χ0v) is 25.6. The number of hydrogen-bond donors (Lipinski definition) is 2. The monoisotopic (exact) mass is 646 g/mol. The summed E-state index contributed by atoms with van der Waals surface area (Å²) < 4.78 is 72.1. The number of urea groups is 1. The van der Waals surface area contributed by atoms with E-state index in [-0.39, 0.29) is 31.7 Å². The molecule has 45 heavy (non-hydrogen) atoms. The first kappa shape index (κ1) is 33.5. The summed E-state index contributed by atoms with van der Waals surface area (Å²) in [5.74, 6) is -0.927. The minimum Gasteiger partial charge on any atom is -0.465 e. The average molecular weight is 647 g/mol. The zero-order valence-electron chi connectivity index (χ0n) is 24.8. The second kappa shape index (κ2) is 13.7. The summed E-state index contributed by atoms with van der Waals surface area (Å²) in [5, 5.41) is 5.40. The lowest BCUT2D eigenvalue weighted by atomic mass is 10.0. The molecule has 0 aliphatic carbocycles. The van der Waals surface area contributed by atoms with Crippen LogP contribution in [-0.2, 0) is 32.3 Å². The van der Waals surface area contributed by atoms with E-state index in [9.17, 15) is 36.0 Å². The van der Waals surface area contributed by atoms with Gasteiger partial charge in [0.05, 0.1) is 23.1 Å². The van der Waals surface area contributed by atoms with Crippen LogP contribution in [0.2, 0.25) is 0 Å². The molecular weight excluding hydrogens is 613 g/mol. The largest absolute Gasteiger partial charge is 0.465 e. The number of methoxy groups -OCH3 is 1. The third-order valence-corrected chi connectivity index (χ3v) is 9.30. The van der Waals surface area contributed by atoms with Crippen LogP contribution in [-0.4, -0.2) is 68.3 Å².